The minimum Gasteiger partial charge on any atom is -0.394 e. The number of unbranched alkanes of at least 4 members (excludes halogenated alkanes) is 14. The fourth-order valence-electron chi connectivity index (χ4n) is 8.19. The van der Waals surface area contributed by atoms with Gasteiger partial charge in [0.2, 0.25) is 5.91 Å². The molecule has 1 amide bonds. The van der Waals surface area contributed by atoms with E-state index in [2.05, 4.69) is 24.4 Å². The molecule has 12 N–H and O–H groups in total. The first-order chi connectivity index (χ1) is 31.3. The maximum absolute atomic E-state index is 12.6. The second-order valence-corrected chi connectivity index (χ2v) is 17.6. The van der Waals surface area contributed by atoms with Crippen molar-refractivity contribution in [2.75, 3.05) is 26.4 Å². The second-order valence-electron chi connectivity index (χ2n) is 17.6. The van der Waals surface area contributed by atoms with E-state index in [9.17, 15) is 61.0 Å². The Bertz CT molecular complexity index is 1310. The monoisotopic (exact) mass is 938 g/mol. The average Bonchev–Trinajstić information content (AvgIpc) is 3.30. The largest absolute Gasteiger partial charge is 0.394 e. The van der Waals surface area contributed by atoms with E-state index < -0.39 is 124 Å². The fourth-order valence-corrected chi connectivity index (χ4v) is 8.19. The summed E-state index contributed by atoms with van der Waals surface area (Å²) in [6, 6.07) is -0.980. The van der Waals surface area contributed by atoms with Crippen molar-refractivity contribution in [2.24, 2.45) is 0 Å². The van der Waals surface area contributed by atoms with Crippen molar-refractivity contribution >= 4 is 5.91 Å². The van der Waals surface area contributed by atoms with Crippen LogP contribution in [-0.2, 0) is 33.2 Å². The van der Waals surface area contributed by atoms with E-state index in [0.717, 1.165) is 19.3 Å². The molecule has 0 aromatic carbocycles. The summed E-state index contributed by atoms with van der Waals surface area (Å²) in [4.78, 5) is 12.6. The minimum atomic E-state index is -1.97. The Hall–Kier alpha value is -1.73. The van der Waals surface area contributed by atoms with Gasteiger partial charge in [0.15, 0.2) is 18.9 Å². The molecule has 3 heterocycles. The normalized spacial score (nSPS) is 34.3. The zero-order chi connectivity index (χ0) is 47.7. The van der Waals surface area contributed by atoms with Crippen molar-refractivity contribution in [3.05, 3.63) is 24.3 Å². The number of carbonyl (C=O) groups excluding carboxylic acids is 1. The highest BCUT2D eigenvalue weighted by atomic mass is 16.8. The lowest BCUT2D eigenvalue weighted by Crippen LogP contribution is -2.66. The molecule has 19 nitrogen and oxygen atoms in total. The Morgan fingerprint density at radius 2 is 0.985 bits per heavy atom. The molecule has 0 aliphatic carbocycles. The predicted molar refractivity (Wildman–Crippen MR) is 236 cm³/mol. The van der Waals surface area contributed by atoms with Crippen LogP contribution in [0, 0.1) is 0 Å². The first kappa shape index (κ1) is 57.6. The van der Waals surface area contributed by atoms with Gasteiger partial charge in [-0.1, -0.05) is 115 Å². The summed E-state index contributed by atoms with van der Waals surface area (Å²) in [5.41, 5.74) is 0. The third-order valence-corrected chi connectivity index (χ3v) is 12.2. The van der Waals surface area contributed by atoms with Crippen LogP contribution in [0.3, 0.4) is 0 Å². The molecule has 0 bridgehead atoms. The summed E-state index contributed by atoms with van der Waals surface area (Å²) in [7, 11) is 0. The summed E-state index contributed by atoms with van der Waals surface area (Å²) in [6.07, 6.45) is 1.16. The lowest BCUT2D eigenvalue weighted by molar-refractivity contribution is -0.379. The maximum Gasteiger partial charge on any atom is 0.220 e. The standard InChI is InChI=1S/C46H83NO18/c1-3-5-6-7-8-9-10-11-12-13-14-15-16-17-18-19-20-21-22-24-30(51)29(47-34(52)23-4-2)28-60-44-40(58)37(55)42(32(26-49)62-44)65-46-41(59)38(56)43(33(27-50)63-46)64-45-39(57)36(54)35(53)31(25-48)61-45/h18-19,22,24,29-33,35-46,48-51,53-59H,3-17,20-21,23,25-28H2,1-2H3,(H,47,52)/b19-18+,24-22+. The van der Waals surface area contributed by atoms with Crippen molar-refractivity contribution in [3.63, 3.8) is 0 Å². The topological polar surface area (TPSA) is 307 Å². The molecule has 3 aliphatic heterocycles. The average molecular weight is 938 g/mol. The van der Waals surface area contributed by atoms with Crippen LogP contribution < -0.4 is 5.32 Å². The molecule has 19 heteroatoms. The van der Waals surface area contributed by atoms with Crippen LogP contribution in [0.2, 0.25) is 0 Å². The Balaban J connectivity index is 1.46. The molecule has 0 spiro atoms. The number of hydrogen-bond donors (Lipinski definition) is 12. The molecule has 17 unspecified atom stereocenters. The summed E-state index contributed by atoms with van der Waals surface area (Å²) in [6.45, 7) is 1.28. The summed E-state index contributed by atoms with van der Waals surface area (Å²) < 4.78 is 33.7. The molecule has 3 rings (SSSR count). The number of rotatable bonds is 32. The number of aliphatic hydroxyl groups excluding tert-OH is 11. The molecule has 3 fully saturated rings. The van der Waals surface area contributed by atoms with E-state index >= 15 is 0 Å². The van der Waals surface area contributed by atoms with E-state index in [1.807, 2.05) is 13.0 Å². The van der Waals surface area contributed by atoms with Crippen LogP contribution in [0.5, 0.6) is 0 Å². The molecule has 0 radical (unpaired) electrons. The van der Waals surface area contributed by atoms with Gasteiger partial charge in [0.05, 0.1) is 38.6 Å². The van der Waals surface area contributed by atoms with Crippen LogP contribution in [0.1, 0.15) is 129 Å². The van der Waals surface area contributed by atoms with E-state index in [0.29, 0.717) is 12.8 Å². The Labute approximate surface area is 384 Å². The molecule has 0 saturated carbocycles. The summed E-state index contributed by atoms with van der Waals surface area (Å²) in [5.74, 6) is -0.341. The molecule has 380 valence electrons. The quantitative estimate of drug-likeness (QED) is 0.0322. The van der Waals surface area contributed by atoms with Crippen molar-refractivity contribution in [2.45, 2.75) is 234 Å². The smallest absolute Gasteiger partial charge is 0.220 e. The third-order valence-electron chi connectivity index (χ3n) is 12.2. The van der Waals surface area contributed by atoms with Crippen molar-refractivity contribution < 1.29 is 89.4 Å². The Kier molecular flexibility index (Phi) is 28.5. The maximum atomic E-state index is 12.6. The van der Waals surface area contributed by atoms with Gasteiger partial charge in [-0.2, -0.15) is 0 Å². The number of ether oxygens (including phenoxy) is 6. The Morgan fingerprint density at radius 3 is 1.51 bits per heavy atom. The van der Waals surface area contributed by atoms with E-state index in [1.165, 1.54) is 77.0 Å². The van der Waals surface area contributed by atoms with Gasteiger partial charge in [0.25, 0.3) is 0 Å². The SMILES string of the molecule is CCCCCCCCCCCCCCC/C=C/CC/C=C/C(O)C(COC1OC(CO)C(OC2OC(CO)C(OC3OC(CO)C(O)C(O)C3O)C(O)C2O)C(O)C1O)NC(=O)CCC. The van der Waals surface area contributed by atoms with Crippen LogP contribution in [-0.4, -0.2) is 193 Å². The first-order valence-corrected chi connectivity index (χ1v) is 24.1. The number of carbonyl (C=O) groups is 1. The second kappa shape index (κ2) is 32.2. The van der Waals surface area contributed by atoms with Gasteiger partial charge in [-0.25, -0.2) is 0 Å². The van der Waals surface area contributed by atoms with E-state index in [1.54, 1.807) is 6.08 Å². The number of hydrogen-bond acceptors (Lipinski definition) is 18. The molecule has 0 aromatic rings. The predicted octanol–water partition coefficient (Wildman–Crippen LogP) is 0.471. The van der Waals surface area contributed by atoms with Gasteiger partial charge in [-0.05, 0) is 32.1 Å². The molecule has 3 saturated heterocycles. The molecule has 65 heavy (non-hydrogen) atoms. The molecule has 0 aromatic heterocycles. The van der Waals surface area contributed by atoms with Crippen LogP contribution >= 0.6 is 0 Å². The van der Waals surface area contributed by atoms with Crippen LogP contribution in [0.25, 0.3) is 0 Å². The zero-order valence-corrected chi connectivity index (χ0v) is 38.5. The van der Waals surface area contributed by atoms with Gasteiger partial charge in [-0.15, -0.1) is 0 Å². The van der Waals surface area contributed by atoms with Crippen molar-refractivity contribution in [1.29, 1.82) is 0 Å². The highest BCUT2D eigenvalue weighted by molar-refractivity contribution is 5.76. The third kappa shape index (κ3) is 18.9. The molecule has 17 atom stereocenters. The highest BCUT2D eigenvalue weighted by Crippen LogP contribution is 2.33. The fraction of sp³-hybridized carbons (Fsp3) is 0.891. The highest BCUT2D eigenvalue weighted by Gasteiger charge is 2.53. The van der Waals surface area contributed by atoms with Gasteiger partial charge < -0.3 is 89.9 Å². The Morgan fingerprint density at radius 1 is 0.538 bits per heavy atom. The number of aliphatic hydroxyl groups is 11. The molecular formula is C46H83NO18. The number of amides is 1. The first-order valence-electron chi connectivity index (χ1n) is 24.1. The van der Waals surface area contributed by atoms with Gasteiger partial charge in [0, 0.05) is 6.42 Å². The lowest BCUT2D eigenvalue weighted by atomic mass is 9.96. The number of nitrogens with one attached hydrogen (secondary N) is 1. The van der Waals surface area contributed by atoms with Crippen molar-refractivity contribution in [3.8, 4) is 0 Å². The van der Waals surface area contributed by atoms with Crippen LogP contribution in [0.4, 0.5) is 0 Å². The summed E-state index contributed by atoms with van der Waals surface area (Å²) in [5, 5.41) is 118. The molecular weight excluding hydrogens is 854 g/mol. The zero-order valence-electron chi connectivity index (χ0n) is 38.5. The van der Waals surface area contributed by atoms with Crippen LogP contribution in [0.15, 0.2) is 24.3 Å². The van der Waals surface area contributed by atoms with Gasteiger partial charge >= 0.3 is 0 Å². The lowest BCUT2D eigenvalue weighted by Gasteiger charge is -2.48. The van der Waals surface area contributed by atoms with E-state index in [-0.39, 0.29) is 18.9 Å². The van der Waals surface area contributed by atoms with Gasteiger partial charge in [-0.3, -0.25) is 4.79 Å². The molecule has 3 aliphatic rings. The van der Waals surface area contributed by atoms with Gasteiger partial charge in [0.1, 0.15) is 73.2 Å². The van der Waals surface area contributed by atoms with Crippen molar-refractivity contribution in [1.82, 2.24) is 5.32 Å². The summed E-state index contributed by atoms with van der Waals surface area (Å²) >= 11 is 0. The van der Waals surface area contributed by atoms with E-state index in [4.69, 9.17) is 28.4 Å². The minimum absolute atomic E-state index is 0.186. The number of allylic oxidation sites excluding steroid dienone is 3.